The third-order valence-electron chi connectivity index (χ3n) is 7.84. The molecule has 1 aliphatic rings. The third kappa shape index (κ3) is 6.31. The summed E-state index contributed by atoms with van der Waals surface area (Å²) in [5.74, 6) is -3.47. The first kappa shape index (κ1) is 31.1. The summed E-state index contributed by atoms with van der Waals surface area (Å²) < 4.78 is 15.8. The van der Waals surface area contributed by atoms with Crippen LogP contribution in [0, 0.1) is 5.82 Å². The first-order chi connectivity index (χ1) is 22.6. The number of nitrogens with two attached hydrogens (primary N) is 1. The molecule has 4 aromatic carbocycles. The normalized spacial score (nSPS) is 13.9. The highest BCUT2D eigenvalue weighted by Gasteiger charge is 2.38. The first-order valence-electron chi connectivity index (χ1n) is 14.4. The van der Waals surface area contributed by atoms with Gasteiger partial charge in [-0.25, -0.2) is 13.9 Å². The molecule has 5 aromatic rings. The minimum absolute atomic E-state index is 0.00431. The Bertz CT molecular complexity index is 2050. The van der Waals surface area contributed by atoms with Crippen molar-refractivity contribution in [2.24, 2.45) is 5.73 Å². The lowest BCUT2D eigenvalue weighted by molar-refractivity contribution is -0.121. The second-order valence-electron chi connectivity index (χ2n) is 10.9. The molecule has 0 saturated carbocycles. The molecule has 47 heavy (non-hydrogen) atoms. The minimum Gasteiger partial charge on any atom is -0.478 e. The molecule has 236 valence electrons. The number of amides is 3. The highest BCUT2D eigenvalue weighted by molar-refractivity contribution is 6.30. The van der Waals surface area contributed by atoms with Gasteiger partial charge in [0.05, 0.1) is 23.2 Å². The van der Waals surface area contributed by atoms with Gasteiger partial charge in [0.15, 0.2) is 11.5 Å². The van der Waals surface area contributed by atoms with E-state index in [0.29, 0.717) is 17.7 Å². The average Bonchev–Trinajstić information content (AvgIpc) is 3.55. The van der Waals surface area contributed by atoms with Crippen molar-refractivity contribution in [3.63, 3.8) is 0 Å². The highest BCUT2D eigenvalue weighted by atomic mass is 35.5. The van der Waals surface area contributed by atoms with E-state index >= 15 is 0 Å². The quantitative estimate of drug-likeness (QED) is 0.216. The van der Waals surface area contributed by atoms with Crippen molar-refractivity contribution in [2.45, 2.75) is 18.9 Å². The zero-order chi connectivity index (χ0) is 33.2. The van der Waals surface area contributed by atoms with Crippen molar-refractivity contribution in [1.82, 2.24) is 19.9 Å². The van der Waals surface area contributed by atoms with Crippen molar-refractivity contribution >= 4 is 41.0 Å². The molecule has 0 radical (unpaired) electrons. The van der Waals surface area contributed by atoms with Crippen LogP contribution in [0.4, 0.5) is 10.1 Å². The number of carboxylic acid groups (broad SMARTS) is 1. The van der Waals surface area contributed by atoms with E-state index in [1.165, 1.54) is 53.6 Å². The Morgan fingerprint density at radius 2 is 1.74 bits per heavy atom. The number of benzene rings is 4. The number of hydrogen-bond donors (Lipinski definition) is 3. The number of halogens is 2. The Hall–Kier alpha value is -5.88. The number of aromatic nitrogens is 3. The summed E-state index contributed by atoms with van der Waals surface area (Å²) in [5, 5.41) is 19.9. The van der Waals surface area contributed by atoms with E-state index in [1.54, 1.807) is 18.2 Å². The van der Waals surface area contributed by atoms with Gasteiger partial charge in [0, 0.05) is 12.2 Å². The highest BCUT2D eigenvalue weighted by Crippen LogP contribution is 2.38. The van der Waals surface area contributed by atoms with Crippen molar-refractivity contribution in [2.75, 3.05) is 11.9 Å². The van der Waals surface area contributed by atoms with Gasteiger partial charge in [-0.05, 0) is 70.6 Å². The Kier molecular flexibility index (Phi) is 8.51. The fraction of sp³-hybridized carbons (Fsp3) is 0.118. The summed E-state index contributed by atoms with van der Waals surface area (Å²) in [6.45, 7) is 0.123. The van der Waals surface area contributed by atoms with Gasteiger partial charge in [-0.3, -0.25) is 14.4 Å². The molecule has 0 saturated heterocycles. The number of rotatable bonds is 8. The number of aromatic carboxylic acids is 1. The largest absolute Gasteiger partial charge is 0.478 e. The van der Waals surface area contributed by atoms with Crippen LogP contribution in [0.2, 0.25) is 5.02 Å². The fourth-order valence-electron chi connectivity index (χ4n) is 5.69. The van der Waals surface area contributed by atoms with Gasteiger partial charge in [-0.1, -0.05) is 65.3 Å². The number of hydrogen-bond acceptors (Lipinski definition) is 6. The second-order valence-corrected chi connectivity index (χ2v) is 11.3. The summed E-state index contributed by atoms with van der Waals surface area (Å²) in [5.41, 5.74) is 9.44. The molecule has 13 heteroatoms. The zero-order valence-electron chi connectivity index (χ0n) is 24.6. The first-order valence-corrected chi connectivity index (χ1v) is 14.8. The van der Waals surface area contributed by atoms with E-state index in [4.69, 9.17) is 17.3 Å². The monoisotopic (exact) mass is 652 g/mol. The van der Waals surface area contributed by atoms with Crippen LogP contribution < -0.4 is 11.1 Å². The standard InChI is InChI=1S/C34H26ClFN6O5/c35-26-8-3-9-28(30(26)36)42-18-27(39-40-42)33(45)41-15-14-24-23(21-5-1-4-19(16-21)17-29(37)43)6-2-7-25(24)31(41)32(44)38-22-12-10-20(11-13-22)34(46)47/h1-13,16,18,31H,14-15,17H2,(H2,37,43)(H,38,44)(H,46,47). The molecule has 11 nitrogen and oxygen atoms in total. The predicted molar refractivity (Wildman–Crippen MR) is 171 cm³/mol. The van der Waals surface area contributed by atoms with Gasteiger partial charge in [-0.2, -0.15) is 0 Å². The Labute approximate surface area is 272 Å². The summed E-state index contributed by atoms with van der Waals surface area (Å²) in [6, 6.07) is 21.7. The number of anilines is 1. The van der Waals surface area contributed by atoms with Gasteiger partial charge >= 0.3 is 5.97 Å². The van der Waals surface area contributed by atoms with Gasteiger partial charge in [0.25, 0.3) is 11.8 Å². The van der Waals surface area contributed by atoms with Gasteiger partial charge < -0.3 is 21.1 Å². The predicted octanol–water partition coefficient (Wildman–Crippen LogP) is 4.83. The number of nitrogens with zero attached hydrogens (tertiary/aromatic N) is 4. The Balaban J connectivity index is 1.39. The van der Waals surface area contributed by atoms with Crippen LogP contribution in [0.1, 0.15) is 43.6 Å². The average molecular weight is 653 g/mol. The second kappa shape index (κ2) is 12.9. The number of nitrogens with one attached hydrogen (secondary N) is 1. The number of primary amides is 1. The van der Waals surface area contributed by atoms with Gasteiger partial charge in [-0.15, -0.1) is 5.10 Å². The van der Waals surface area contributed by atoms with Crippen LogP contribution in [0.5, 0.6) is 0 Å². The molecule has 0 fully saturated rings. The zero-order valence-corrected chi connectivity index (χ0v) is 25.3. The van der Waals surface area contributed by atoms with E-state index in [-0.39, 0.29) is 34.9 Å². The summed E-state index contributed by atoms with van der Waals surface area (Å²) in [7, 11) is 0. The Morgan fingerprint density at radius 1 is 1.00 bits per heavy atom. The maximum absolute atomic E-state index is 14.7. The van der Waals surface area contributed by atoms with E-state index in [2.05, 4.69) is 15.6 Å². The summed E-state index contributed by atoms with van der Waals surface area (Å²) >= 11 is 5.93. The molecule has 1 atom stereocenters. The molecule has 0 spiro atoms. The molecular weight excluding hydrogens is 627 g/mol. The number of carboxylic acids is 1. The minimum atomic E-state index is -1.13. The van der Waals surface area contributed by atoms with Gasteiger partial charge in [0.1, 0.15) is 11.7 Å². The number of fused-ring (bicyclic) bond motifs is 1. The molecule has 0 bridgehead atoms. The van der Waals surface area contributed by atoms with Crippen LogP contribution in [-0.4, -0.2) is 55.2 Å². The van der Waals surface area contributed by atoms with Crippen LogP contribution in [0.25, 0.3) is 16.8 Å². The summed E-state index contributed by atoms with van der Waals surface area (Å²) in [6.07, 6.45) is 1.72. The summed E-state index contributed by atoms with van der Waals surface area (Å²) in [4.78, 5) is 52.3. The van der Waals surface area contributed by atoms with Crippen molar-refractivity contribution in [1.29, 1.82) is 0 Å². The van der Waals surface area contributed by atoms with Crippen LogP contribution >= 0.6 is 11.6 Å². The topological polar surface area (TPSA) is 161 Å². The van der Waals surface area contributed by atoms with Gasteiger partial charge in [0.2, 0.25) is 5.91 Å². The van der Waals surface area contributed by atoms with Crippen LogP contribution in [0.15, 0.2) is 91.1 Å². The van der Waals surface area contributed by atoms with Crippen LogP contribution in [0.3, 0.4) is 0 Å². The Morgan fingerprint density at radius 3 is 2.49 bits per heavy atom. The molecule has 4 N–H and O–H groups in total. The molecule has 1 aromatic heterocycles. The van der Waals surface area contributed by atoms with E-state index in [9.17, 15) is 28.7 Å². The lowest BCUT2D eigenvalue weighted by Gasteiger charge is -2.37. The fourth-order valence-corrected chi connectivity index (χ4v) is 5.86. The van der Waals surface area contributed by atoms with E-state index in [0.717, 1.165) is 26.9 Å². The van der Waals surface area contributed by atoms with E-state index in [1.807, 2.05) is 24.3 Å². The third-order valence-corrected chi connectivity index (χ3v) is 8.13. The molecule has 1 aliphatic heterocycles. The van der Waals surface area contributed by atoms with E-state index < -0.39 is 35.5 Å². The van der Waals surface area contributed by atoms with Crippen molar-refractivity contribution < 1.29 is 28.7 Å². The maximum atomic E-state index is 14.7. The molecule has 3 amide bonds. The smallest absolute Gasteiger partial charge is 0.335 e. The molecule has 0 aliphatic carbocycles. The molecule has 2 heterocycles. The number of carbonyl (C=O) groups excluding carboxylic acids is 3. The molecule has 1 unspecified atom stereocenters. The van der Waals surface area contributed by atoms with Crippen molar-refractivity contribution in [3.05, 3.63) is 130 Å². The molecular formula is C34H26ClFN6O5. The van der Waals surface area contributed by atoms with Crippen molar-refractivity contribution in [3.8, 4) is 16.8 Å². The number of carbonyl (C=O) groups is 4. The maximum Gasteiger partial charge on any atom is 0.335 e. The lowest BCUT2D eigenvalue weighted by Crippen LogP contribution is -2.45. The lowest BCUT2D eigenvalue weighted by atomic mass is 9.85. The SMILES string of the molecule is NC(=O)Cc1cccc(-c2cccc3c2CCN(C(=O)c2cn(-c4cccc(Cl)c4F)nn2)C3C(=O)Nc2ccc(C(=O)O)cc2)c1. The van der Waals surface area contributed by atoms with Crippen LogP contribution in [-0.2, 0) is 22.4 Å². The molecule has 6 rings (SSSR count).